The Hall–Kier alpha value is -4.06. The number of ether oxygens (including phenoxy) is 3. The second-order valence-electron chi connectivity index (χ2n) is 21.8. The largest absolute Gasteiger partial charge is 0.481 e. The highest BCUT2D eigenvalue weighted by atomic mass is 16.7. The van der Waals surface area contributed by atoms with Crippen LogP contribution in [-0.4, -0.2) is 180 Å². The number of allylic oxidation sites excluding steroid dienone is 6. The van der Waals surface area contributed by atoms with Gasteiger partial charge in [-0.05, 0) is 82.6 Å². The van der Waals surface area contributed by atoms with E-state index in [2.05, 4.69) is 27.8 Å². The Labute approximate surface area is 456 Å². The van der Waals surface area contributed by atoms with Crippen LogP contribution in [0.4, 0.5) is 0 Å². The zero-order valence-corrected chi connectivity index (χ0v) is 47.1. The summed E-state index contributed by atoms with van der Waals surface area (Å²) in [7, 11) is 3.53. The van der Waals surface area contributed by atoms with Crippen molar-refractivity contribution in [3.8, 4) is 0 Å². The van der Waals surface area contributed by atoms with E-state index in [-0.39, 0.29) is 63.2 Å². The van der Waals surface area contributed by atoms with Gasteiger partial charge in [-0.1, -0.05) is 83.2 Å². The fourth-order valence-electron chi connectivity index (χ4n) is 9.63. The highest BCUT2D eigenvalue weighted by molar-refractivity contribution is 5.90. The number of unbranched alkanes of at least 4 members (excludes halogenated alkanes) is 2. The number of aliphatic hydroxyl groups is 10. The molecule has 13 N–H and O–H groups in total. The quantitative estimate of drug-likeness (QED) is 0.0331. The van der Waals surface area contributed by atoms with Gasteiger partial charge in [0.15, 0.2) is 11.7 Å². The first-order chi connectivity index (χ1) is 36.2. The number of guanidine groups is 1. The fraction of sp³-hybridized carbons (Fsp3) is 0.754. The van der Waals surface area contributed by atoms with Gasteiger partial charge in [-0.15, -0.1) is 0 Å². The standard InChI is InChI=1S/C57H97N3O17/c1-34-19-16-21-38(5)53(37(4)18-14-12-10-11-13-15-25-60-56(58-8)59-9)76-55(73)39(6)22-17-20-35(2)47(65)31-48(66)40(7)45(63)24-23-36(3)50(68)33-57(74)54(72)49(67)30-44(77-57)28-41(61)26-43(27-42(62)29-46(34)64)75-52(71)32-51(69)70/h10-11,16-17,19-22,35-38,40-50,53-54,61-68,72,74H,12-15,18,23-33H2,1-9H3,(H,69,70)(H2,58,59,60)/t35?,36-,37-,38?,40?,41-,42+,43-,44-,45?,46-,47?,48?,49+,50-,53-,54-,57+/m0/s1. The second-order valence-corrected chi connectivity index (χ2v) is 21.8. The van der Waals surface area contributed by atoms with Crippen LogP contribution >= 0.6 is 0 Å². The average molecular weight is 1100 g/mol. The summed E-state index contributed by atoms with van der Waals surface area (Å²) in [6, 6.07) is 0. The van der Waals surface area contributed by atoms with Crippen LogP contribution in [0.25, 0.3) is 0 Å². The lowest BCUT2D eigenvalue weighted by atomic mass is 9.84. The highest BCUT2D eigenvalue weighted by Crippen LogP contribution is 2.36. The summed E-state index contributed by atoms with van der Waals surface area (Å²) < 4.78 is 17.4. The number of fused-ring (bicyclic) bond motifs is 2. The number of hydrogen-bond acceptors (Lipinski definition) is 17. The van der Waals surface area contributed by atoms with Crippen LogP contribution < -0.4 is 10.6 Å². The molecule has 0 aromatic heterocycles. The van der Waals surface area contributed by atoms with Crippen molar-refractivity contribution in [2.75, 3.05) is 20.6 Å². The highest BCUT2D eigenvalue weighted by Gasteiger charge is 2.50. The van der Waals surface area contributed by atoms with Gasteiger partial charge in [-0.3, -0.25) is 14.6 Å². The summed E-state index contributed by atoms with van der Waals surface area (Å²) in [5.74, 6) is -6.98. The Morgan fingerprint density at radius 3 is 2.06 bits per heavy atom. The number of aliphatic hydroxyl groups excluding tert-OH is 9. The van der Waals surface area contributed by atoms with Gasteiger partial charge in [0.2, 0.25) is 0 Å². The van der Waals surface area contributed by atoms with Crippen LogP contribution in [0.1, 0.15) is 145 Å². The summed E-state index contributed by atoms with van der Waals surface area (Å²) >= 11 is 0. The number of carbonyl (C=O) groups is 3. The first-order valence-electron chi connectivity index (χ1n) is 27.6. The summed E-state index contributed by atoms with van der Waals surface area (Å²) in [5, 5.41) is 127. The Morgan fingerprint density at radius 1 is 0.805 bits per heavy atom. The number of cyclic esters (lactones) is 1. The van der Waals surface area contributed by atoms with Crippen LogP contribution in [0.2, 0.25) is 0 Å². The van der Waals surface area contributed by atoms with Gasteiger partial charge in [0.1, 0.15) is 24.7 Å². The number of aliphatic carboxylic acids is 1. The third-order valence-electron chi connectivity index (χ3n) is 15.0. The number of carboxylic acid groups (broad SMARTS) is 1. The Bertz CT molecular complexity index is 1940. The molecule has 6 unspecified atom stereocenters. The van der Waals surface area contributed by atoms with E-state index in [1.165, 1.54) is 0 Å². The lowest BCUT2D eigenvalue weighted by Crippen LogP contribution is -2.59. The molecule has 442 valence electrons. The summed E-state index contributed by atoms with van der Waals surface area (Å²) in [5.41, 5.74) is 0.779. The van der Waals surface area contributed by atoms with Crippen molar-refractivity contribution in [2.45, 2.75) is 224 Å². The molecular formula is C57H97N3O17. The van der Waals surface area contributed by atoms with E-state index in [0.717, 1.165) is 44.6 Å². The predicted molar refractivity (Wildman–Crippen MR) is 292 cm³/mol. The van der Waals surface area contributed by atoms with E-state index in [9.17, 15) is 70.6 Å². The molecule has 0 aliphatic carbocycles. The molecule has 77 heavy (non-hydrogen) atoms. The maximum absolute atomic E-state index is 13.7. The lowest BCUT2D eigenvalue weighted by Gasteiger charge is -2.45. The van der Waals surface area contributed by atoms with Gasteiger partial charge in [-0.25, -0.2) is 4.79 Å². The molecule has 1 saturated heterocycles. The first kappa shape index (κ1) is 69.0. The molecule has 2 heterocycles. The molecule has 1 fully saturated rings. The van der Waals surface area contributed by atoms with Gasteiger partial charge in [0.25, 0.3) is 0 Å². The second kappa shape index (κ2) is 35.5. The number of carboxylic acids is 1. The van der Waals surface area contributed by atoms with E-state index < -0.39 is 128 Å². The Kier molecular flexibility index (Phi) is 31.9. The first-order valence-corrected chi connectivity index (χ1v) is 27.6. The number of hydrogen-bond donors (Lipinski definition) is 13. The summed E-state index contributed by atoms with van der Waals surface area (Å²) in [6.07, 6.45) is 1.35. The average Bonchev–Trinajstić information content (AvgIpc) is 3.35. The normalized spacial score (nSPS) is 35.4. The minimum Gasteiger partial charge on any atom is -0.481 e. The molecule has 2 aliphatic heterocycles. The molecule has 0 amide bonds. The minimum absolute atomic E-state index is 0.0655. The van der Waals surface area contributed by atoms with Crippen LogP contribution in [0, 0.1) is 29.6 Å². The number of rotatable bonds is 12. The third-order valence-corrected chi connectivity index (χ3v) is 15.0. The number of nitrogens with one attached hydrogen (secondary N) is 2. The van der Waals surface area contributed by atoms with E-state index >= 15 is 0 Å². The van der Waals surface area contributed by atoms with E-state index in [1.807, 2.05) is 27.0 Å². The molecule has 20 nitrogen and oxygen atoms in total. The monoisotopic (exact) mass is 1100 g/mol. The SMILES string of the molecule is CN=C(NC)NCCCC=CCCC[C@H](C)[C@@H]1OC(=O)C(C)=CC=CC(C)C(O)CC(O)C(C)C(O)CC[C@H](C)[C@@H](O)C[C@@]2(O)O[C@@H](C[C@@H](O)C[C@H](OC(=O)CC(=O)O)C[C@@H](O)C[C@H](O)C(C)=CC=CC1C)C[C@@H](O)[C@@H]2O. The van der Waals surface area contributed by atoms with Gasteiger partial charge >= 0.3 is 17.9 Å². The summed E-state index contributed by atoms with van der Waals surface area (Å²) in [6.45, 7) is 13.1. The van der Waals surface area contributed by atoms with E-state index in [4.69, 9.17) is 14.2 Å². The fourth-order valence-corrected chi connectivity index (χ4v) is 9.63. The smallest absolute Gasteiger partial charge is 0.334 e. The van der Waals surface area contributed by atoms with Crippen LogP contribution in [0.3, 0.4) is 0 Å². The van der Waals surface area contributed by atoms with Gasteiger partial charge in [0, 0.05) is 82.5 Å². The zero-order valence-electron chi connectivity index (χ0n) is 47.1. The Morgan fingerprint density at radius 2 is 1.43 bits per heavy atom. The van der Waals surface area contributed by atoms with Crippen molar-refractivity contribution < 1.29 is 84.8 Å². The van der Waals surface area contributed by atoms with Gasteiger partial charge in [-0.2, -0.15) is 0 Å². The van der Waals surface area contributed by atoms with Crippen LogP contribution in [0.15, 0.2) is 64.7 Å². The number of esters is 2. The number of aliphatic imine (C=N–C) groups is 1. The maximum Gasteiger partial charge on any atom is 0.334 e. The van der Waals surface area contributed by atoms with Gasteiger partial charge < -0.3 is 81.0 Å². The molecule has 0 aromatic rings. The van der Waals surface area contributed by atoms with Crippen LogP contribution in [0.5, 0.6) is 0 Å². The Balaban J connectivity index is 2.44. The topological polar surface area (TPSA) is 338 Å². The number of carbonyl (C=O) groups excluding carboxylic acids is 2. The molecule has 2 aliphatic rings. The molecule has 0 saturated carbocycles. The minimum atomic E-state index is -2.48. The van der Waals surface area contributed by atoms with Crippen molar-refractivity contribution in [3.05, 3.63) is 59.8 Å². The molecule has 20 heteroatoms. The van der Waals surface area contributed by atoms with E-state index in [0.29, 0.717) is 11.1 Å². The molecular weight excluding hydrogens is 999 g/mol. The summed E-state index contributed by atoms with van der Waals surface area (Å²) in [4.78, 5) is 41.6. The lowest BCUT2D eigenvalue weighted by molar-refractivity contribution is -0.333. The van der Waals surface area contributed by atoms with Crippen molar-refractivity contribution in [3.63, 3.8) is 0 Å². The predicted octanol–water partition coefficient (Wildman–Crippen LogP) is 3.63. The maximum atomic E-state index is 13.7. The third kappa shape index (κ3) is 25.7. The van der Waals surface area contributed by atoms with Gasteiger partial charge in [0.05, 0.1) is 54.9 Å². The van der Waals surface area contributed by atoms with Crippen molar-refractivity contribution in [1.29, 1.82) is 0 Å². The molecule has 2 bridgehead atoms. The van der Waals surface area contributed by atoms with Crippen LogP contribution in [-0.2, 0) is 28.6 Å². The molecule has 0 radical (unpaired) electrons. The molecule has 18 atom stereocenters. The van der Waals surface area contributed by atoms with Crippen molar-refractivity contribution in [1.82, 2.24) is 10.6 Å². The zero-order chi connectivity index (χ0) is 58.0. The van der Waals surface area contributed by atoms with Crippen molar-refractivity contribution in [2.24, 2.45) is 34.6 Å². The molecule has 0 aromatic carbocycles. The number of nitrogens with zero attached hydrogens (tertiary/aromatic N) is 1. The molecule has 0 spiro atoms. The van der Waals surface area contributed by atoms with E-state index in [1.54, 1.807) is 72.0 Å². The molecule has 2 rings (SSSR count). The van der Waals surface area contributed by atoms with Crippen molar-refractivity contribution >= 4 is 23.9 Å².